The van der Waals surface area contributed by atoms with Crippen LogP contribution in [-0.2, 0) is 6.42 Å². The van der Waals surface area contributed by atoms with E-state index >= 15 is 0 Å². The van der Waals surface area contributed by atoms with Crippen molar-refractivity contribution in [1.82, 2.24) is 9.97 Å². The van der Waals surface area contributed by atoms with E-state index in [-0.39, 0.29) is 5.88 Å². The van der Waals surface area contributed by atoms with Crippen LogP contribution in [-0.4, -0.2) is 27.8 Å². The van der Waals surface area contributed by atoms with E-state index in [9.17, 15) is 9.50 Å². The third-order valence-corrected chi connectivity index (χ3v) is 4.77. The molecule has 0 aliphatic rings. The van der Waals surface area contributed by atoms with E-state index in [1.165, 1.54) is 12.3 Å². The lowest BCUT2D eigenvalue weighted by molar-refractivity contribution is 0.457. The molecule has 2 aromatic heterocycles. The normalized spacial score (nSPS) is 11.4. The Morgan fingerprint density at radius 1 is 1.17 bits per heavy atom. The second-order valence-electron chi connectivity index (χ2n) is 6.80. The Kier molecular flexibility index (Phi) is 5.24. The minimum atomic E-state index is -0.399. The number of nitrogens with one attached hydrogen (secondary N) is 2. The van der Waals surface area contributed by atoms with Crippen molar-refractivity contribution in [2.45, 2.75) is 13.3 Å². The summed E-state index contributed by atoms with van der Waals surface area (Å²) in [6, 6.07) is 16.4. The highest BCUT2D eigenvalue weighted by atomic mass is 19.1. The number of pyridine rings is 1. The highest BCUT2D eigenvalue weighted by Crippen LogP contribution is 2.29. The molecule has 0 saturated carbocycles. The zero-order valence-corrected chi connectivity index (χ0v) is 16.0. The van der Waals surface area contributed by atoms with Crippen molar-refractivity contribution in [3.05, 3.63) is 83.4 Å². The lowest BCUT2D eigenvalue weighted by atomic mass is 10.1. The molecule has 4 rings (SSSR count). The fraction of sp³-hybridized carbons (Fsp3) is 0.130. The van der Waals surface area contributed by atoms with Crippen LogP contribution in [0.4, 0.5) is 15.8 Å². The van der Waals surface area contributed by atoms with Crippen LogP contribution in [0.2, 0.25) is 0 Å². The van der Waals surface area contributed by atoms with Gasteiger partial charge in [0.1, 0.15) is 5.82 Å². The predicted octanol–water partition coefficient (Wildman–Crippen LogP) is 5.12. The molecule has 0 spiro atoms. The van der Waals surface area contributed by atoms with Gasteiger partial charge in [-0.2, -0.15) is 0 Å². The van der Waals surface area contributed by atoms with E-state index in [4.69, 9.17) is 0 Å². The van der Waals surface area contributed by atoms with Crippen molar-refractivity contribution >= 4 is 28.5 Å². The molecule has 2 heterocycles. The molecule has 0 aliphatic carbocycles. The molecule has 0 saturated heterocycles. The topological polar surface area (TPSA) is 73.3 Å². The fourth-order valence-corrected chi connectivity index (χ4v) is 3.28. The van der Waals surface area contributed by atoms with Gasteiger partial charge in [0.2, 0.25) is 0 Å². The summed E-state index contributed by atoms with van der Waals surface area (Å²) < 4.78 is 14.1. The molecule has 146 valence electrons. The standard InChI is InChI=1S/C23H21FN4O/c1-15-13-17(8-9-20(15)26-12-10-16-5-2-3-11-25-16)27-14-18-22-19(24)6-4-7-21(22)28-23(18)29/h2-9,11,13-14,26,28-29H,10,12H2,1H3. The zero-order valence-electron chi connectivity index (χ0n) is 16.0. The number of aromatic nitrogens is 2. The van der Waals surface area contributed by atoms with E-state index < -0.39 is 5.82 Å². The van der Waals surface area contributed by atoms with Gasteiger partial charge < -0.3 is 15.4 Å². The quantitative estimate of drug-likeness (QED) is 0.401. The Morgan fingerprint density at radius 2 is 2.07 bits per heavy atom. The summed E-state index contributed by atoms with van der Waals surface area (Å²) in [4.78, 5) is 11.5. The molecule has 3 N–H and O–H groups in total. The van der Waals surface area contributed by atoms with Crippen LogP contribution >= 0.6 is 0 Å². The number of aliphatic imine (C=N–C) groups is 1. The largest absolute Gasteiger partial charge is 0.494 e. The summed E-state index contributed by atoms with van der Waals surface area (Å²) in [5.74, 6) is -0.498. The Hall–Kier alpha value is -3.67. The van der Waals surface area contributed by atoms with Crippen molar-refractivity contribution in [3.63, 3.8) is 0 Å². The minimum absolute atomic E-state index is 0.0987. The number of nitrogens with zero attached hydrogens (tertiary/aromatic N) is 2. The number of rotatable bonds is 6. The van der Waals surface area contributed by atoms with Crippen LogP contribution in [0.15, 0.2) is 65.8 Å². The number of halogens is 1. The van der Waals surface area contributed by atoms with Crippen LogP contribution in [0.25, 0.3) is 10.9 Å². The molecule has 0 unspecified atom stereocenters. The number of hydrogen-bond acceptors (Lipinski definition) is 4. The van der Waals surface area contributed by atoms with Gasteiger partial charge in [0.25, 0.3) is 0 Å². The first kappa shape index (κ1) is 18.7. The Labute approximate surface area is 168 Å². The van der Waals surface area contributed by atoms with E-state index in [0.717, 1.165) is 35.6 Å². The summed E-state index contributed by atoms with van der Waals surface area (Å²) in [5.41, 5.74) is 4.73. The molecule has 0 fully saturated rings. The molecule has 0 atom stereocenters. The predicted molar refractivity (Wildman–Crippen MR) is 115 cm³/mol. The van der Waals surface area contributed by atoms with Crippen molar-refractivity contribution in [1.29, 1.82) is 0 Å². The second kappa shape index (κ2) is 8.14. The van der Waals surface area contributed by atoms with Gasteiger partial charge in [-0.05, 0) is 55.0 Å². The lowest BCUT2D eigenvalue weighted by Gasteiger charge is -2.10. The molecular weight excluding hydrogens is 367 g/mol. The van der Waals surface area contributed by atoms with E-state index in [1.54, 1.807) is 18.3 Å². The summed E-state index contributed by atoms with van der Waals surface area (Å²) in [6.07, 6.45) is 4.12. The van der Waals surface area contributed by atoms with Gasteiger partial charge in [0.05, 0.1) is 16.8 Å². The first-order chi connectivity index (χ1) is 14.1. The number of anilines is 1. The summed E-state index contributed by atoms with van der Waals surface area (Å²) in [7, 11) is 0. The van der Waals surface area contributed by atoms with Crippen LogP contribution in [0.1, 0.15) is 16.8 Å². The molecular formula is C23H21FN4O. The molecule has 0 amide bonds. The third-order valence-electron chi connectivity index (χ3n) is 4.77. The Balaban J connectivity index is 1.48. The Morgan fingerprint density at radius 3 is 2.86 bits per heavy atom. The number of hydrogen-bond donors (Lipinski definition) is 3. The molecule has 0 radical (unpaired) electrons. The average molecular weight is 388 g/mol. The molecule has 0 aliphatic heterocycles. The van der Waals surface area contributed by atoms with Crippen molar-refractivity contribution in [2.24, 2.45) is 4.99 Å². The summed E-state index contributed by atoms with van der Waals surface area (Å²) >= 11 is 0. The van der Waals surface area contributed by atoms with Gasteiger partial charge in [-0.25, -0.2) is 4.39 Å². The van der Waals surface area contributed by atoms with Gasteiger partial charge in [-0.3, -0.25) is 9.98 Å². The third kappa shape index (κ3) is 4.11. The van der Waals surface area contributed by atoms with Crippen LogP contribution in [0, 0.1) is 12.7 Å². The van der Waals surface area contributed by atoms with Crippen LogP contribution < -0.4 is 5.32 Å². The number of benzene rings is 2. The maximum atomic E-state index is 14.1. The minimum Gasteiger partial charge on any atom is -0.494 e. The van der Waals surface area contributed by atoms with E-state index in [0.29, 0.717) is 16.5 Å². The second-order valence-corrected chi connectivity index (χ2v) is 6.80. The van der Waals surface area contributed by atoms with E-state index in [2.05, 4.69) is 20.3 Å². The molecule has 0 bridgehead atoms. The van der Waals surface area contributed by atoms with Gasteiger partial charge in [-0.15, -0.1) is 0 Å². The SMILES string of the molecule is Cc1cc(N=Cc2c(O)[nH]c3cccc(F)c23)ccc1NCCc1ccccn1. The van der Waals surface area contributed by atoms with Crippen LogP contribution in [0.5, 0.6) is 5.88 Å². The molecule has 6 heteroatoms. The van der Waals surface area contributed by atoms with Crippen molar-refractivity contribution in [3.8, 4) is 5.88 Å². The van der Waals surface area contributed by atoms with E-state index in [1.807, 2.05) is 43.3 Å². The molecule has 29 heavy (non-hydrogen) atoms. The number of aryl methyl sites for hydroxylation is 1. The monoisotopic (exact) mass is 388 g/mol. The highest BCUT2D eigenvalue weighted by Gasteiger charge is 2.12. The Bertz CT molecular complexity index is 1170. The highest BCUT2D eigenvalue weighted by molar-refractivity contribution is 6.02. The zero-order chi connectivity index (χ0) is 20.2. The summed E-state index contributed by atoms with van der Waals surface area (Å²) in [6.45, 7) is 2.79. The maximum Gasteiger partial charge on any atom is 0.198 e. The molecule has 2 aromatic carbocycles. The smallest absolute Gasteiger partial charge is 0.198 e. The van der Waals surface area contributed by atoms with Gasteiger partial charge >= 0.3 is 0 Å². The average Bonchev–Trinajstić information content (AvgIpc) is 3.05. The maximum absolute atomic E-state index is 14.1. The lowest BCUT2D eigenvalue weighted by Crippen LogP contribution is -2.06. The first-order valence-corrected chi connectivity index (χ1v) is 9.39. The fourth-order valence-electron chi connectivity index (χ4n) is 3.28. The summed E-state index contributed by atoms with van der Waals surface area (Å²) in [5, 5.41) is 13.8. The number of aromatic hydroxyl groups is 1. The van der Waals surface area contributed by atoms with Gasteiger partial charge in [0, 0.05) is 42.1 Å². The first-order valence-electron chi connectivity index (χ1n) is 9.39. The number of H-pyrrole nitrogens is 1. The van der Waals surface area contributed by atoms with Gasteiger partial charge in [-0.1, -0.05) is 12.1 Å². The number of fused-ring (bicyclic) bond motifs is 1. The molecule has 4 aromatic rings. The van der Waals surface area contributed by atoms with Crippen molar-refractivity contribution in [2.75, 3.05) is 11.9 Å². The molecule has 5 nitrogen and oxygen atoms in total. The number of aromatic amines is 1. The van der Waals surface area contributed by atoms with Gasteiger partial charge in [0.15, 0.2) is 5.88 Å². The van der Waals surface area contributed by atoms with Crippen molar-refractivity contribution < 1.29 is 9.50 Å². The van der Waals surface area contributed by atoms with Crippen LogP contribution in [0.3, 0.4) is 0 Å².